The van der Waals surface area contributed by atoms with E-state index in [1.807, 2.05) is 0 Å². The molecule has 1 aromatic rings. The molecule has 1 rings (SSSR count). The fraction of sp³-hybridized carbons (Fsp3) is 0.667. The van der Waals surface area contributed by atoms with E-state index in [1.54, 1.807) is 0 Å². The largest absolute Gasteiger partial charge is 0.394 e. The molecule has 1 heterocycles. The molecule has 1 aromatic heterocycles. The van der Waals surface area contributed by atoms with Gasteiger partial charge in [0.15, 0.2) is 0 Å². The van der Waals surface area contributed by atoms with Gasteiger partial charge in [-0.05, 0) is 11.3 Å². The molecule has 9 nitrogen and oxygen atoms in total. The summed E-state index contributed by atoms with van der Waals surface area (Å²) in [6.45, 7) is -0.796. The third-order valence-electron chi connectivity index (χ3n) is 2.43. The second-order valence-electron chi connectivity index (χ2n) is 3.71. The average molecular weight is 261 g/mol. The van der Waals surface area contributed by atoms with E-state index in [0.29, 0.717) is 0 Å². The third-order valence-corrected chi connectivity index (χ3v) is 2.43. The number of aromatic nitrogens is 3. The van der Waals surface area contributed by atoms with Crippen molar-refractivity contribution in [3.8, 4) is 0 Å². The number of hydrogen-bond acceptors (Lipinski definition) is 9. The maximum absolute atomic E-state index is 9.67. The second kappa shape index (κ2) is 6.64. The molecule has 9 heteroatoms. The van der Waals surface area contributed by atoms with Crippen LogP contribution in [0.15, 0.2) is 12.3 Å². The highest BCUT2D eigenvalue weighted by Crippen LogP contribution is 2.18. The summed E-state index contributed by atoms with van der Waals surface area (Å²) in [5.41, 5.74) is -0.0535. The van der Waals surface area contributed by atoms with Crippen molar-refractivity contribution >= 4 is 0 Å². The number of hydrogen-bond donors (Lipinski definition) is 6. The van der Waals surface area contributed by atoms with Gasteiger partial charge in [0.05, 0.1) is 18.5 Å². The molecule has 0 bridgehead atoms. The Kier molecular flexibility index (Phi) is 5.47. The fourth-order valence-electron chi connectivity index (χ4n) is 1.31. The highest BCUT2D eigenvalue weighted by atomic mass is 16.4. The van der Waals surface area contributed by atoms with Crippen LogP contribution in [0, 0.1) is 0 Å². The Morgan fingerprint density at radius 3 is 2.17 bits per heavy atom. The van der Waals surface area contributed by atoms with Crippen LogP contribution < -0.4 is 0 Å². The van der Waals surface area contributed by atoms with Gasteiger partial charge in [0.1, 0.15) is 30.5 Å². The van der Waals surface area contributed by atoms with E-state index in [9.17, 15) is 20.4 Å². The highest BCUT2D eigenvalue weighted by molar-refractivity contribution is 5.04. The van der Waals surface area contributed by atoms with Crippen LogP contribution in [0.1, 0.15) is 11.8 Å². The first kappa shape index (κ1) is 14.8. The predicted molar refractivity (Wildman–Crippen MR) is 55.9 cm³/mol. The van der Waals surface area contributed by atoms with Crippen LogP contribution in [0.4, 0.5) is 0 Å². The first-order valence-electron chi connectivity index (χ1n) is 5.14. The normalized spacial score (nSPS) is 19.9. The molecular formula is C9H15N3O6. The molecular weight excluding hydrogens is 246 g/mol. The lowest BCUT2D eigenvalue weighted by molar-refractivity contribution is -0.141. The summed E-state index contributed by atoms with van der Waals surface area (Å²) in [5, 5.41) is 65.9. The summed E-state index contributed by atoms with van der Waals surface area (Å²) < 4.78 is 0. The van der Waals surface area contributed by atoms with E-state index in [4.69, 9.17) is 10.2 Å². The van der Waals surface area contributed by atoms with Crippen molar-refractivity contribution in [3.05, 3.63) is 18.0 Å². The van der Waals surface area contributed by atoms with E-state index in [-0.39, 0.29) is 5.69 Å². The van der Waals surface area contributed by atoms with Crippen molar-refractivity contribution in [1.82, 2.24) is 15.4 Å². The van der Waals surface area contributed by atoms with Crippen LogP contribution in [-0.2, 0) is 0 Å². The first-order chi connectivity index (χ1) is 8.49. The van der Waals surface area contributed by atoms with E-state index >= 15 is 0 Å². The lowest BCUT2D eigenvalue weighted by Crippen LogP contribution is -2.47. The Morgan fingerprint density at radius 2 is 1.67 bits per heavy atom. The van der Waals surface area contributed by atoms with E-state index in [2.05, 4.69) is 15.4 Å². The van der Waals surface area contributed by atoms with Gasteiger partial charge >= 0.3 is 0 Å². The summed E-state index contributed by atoms with van der Waals surface area (Å²) in [7, 11) is 0. The van der Waals surface area contributed by atoms with Crippen LogP contribution in [0.2, 0.25) is 0 Å². The third kappa shape index (κ3) is 3.38. The lowest BCUT2D eigenvalue weighted by Gasteiger charge is -2.27. The summed E-state index contributed by atoms with van der Waals surface area (Å²) in [6, 6.07) is 1.27. The van der Waals surface area contributed by atoms with E-state index in [0.717, 1.165) is 0 Å². The quantitative estimate of drug-likeness (QED) is 0.303. The summed E-state index contributed by atoms with van der Waals surface area (Å²) >= 11 is 0. The van der Waals surface area contributed by atoms with Crippen LogP contribution in [0.5, 0.6) is 0 Å². The molecule has 0 fully saturated rings. The maximum Gasteiger partial charge on any atom is 0.126 e. The molecule has 6 N–H and O–H groups in total. The van der Waals surface area contributed by atoms with Gasteiger partial charge in [0.25, 0.3) is 0 Å². The van der Waals surface area contributed by atoms with Crippen LogP contribution in [-0.4, -0.2) is 77.1 Å². The van der Waals surface area contributed by atoms with E-state index in [1.165, 1.54) is 12.3 Å². The Bertz CT molecular complexity index is 353. The van der Waals surface area contributed by atoms with Crippen molar-refractivity contribution in [2.24, 2.45) is 0 Å². The zero-order valence-corrected chi connectivity index (χ0v) is 9.27. The Hall–Kier alpha value is -1.23. The summed E-state index contributed by atoms with van der Waals surface area (Å²) in [4.78, 5) is 0. The minimum Gasteiger partial charge on any atom is -0.394 e. The molecule has 102 valence electrons. The Labute approximate surface area is 102 Å². The molecule has 1 unspecified atom stereocenters. The number of nitrogens with zero attached hydrogens (tertiary/aromatic N) is 3. The zero-order valence-electron chi connectivity index (χ0n) is 9.27. The monoisotopic (exact) mass is 261 g/mol. The van der Waals surface area contributed by atoms with Crippen molar-refractivity contribution in [3.63, 3.8) is 0 Å². The van der Waals surface area contributed by atoms with Gasteiger partial charge in [-0.15, -0.1) is 10.2 Å². The molecule has 0 saturated carbocycles. The van der Waals surface area contributed by atoms with Gasteiger partial charge in [-0.1, -0.05) is 0 Å². The summed E-state index contributed by atoms with van der Waals surface area (Å²) in [5.74, 6) is 0. The minimum absolute atomic E-state index is 0.0535. The van der Waals surface area contributed by atoms with Crippen molar-refractivity contribution in [2.45, 2.75) is 30.5 Å². The van der Waals surface area contributed by atoms with Gasteiger partial charge in [0, 0.05) is 0 Å². The van der Waals surface area contributed by atoms with Crippen molar-refractivity contribution in [1.29, 1.82) is 0 Å². The molecule has 0 spiro atoms. The van der Waals surface area contributed by atoms with Gasteiger partial charge in [-0.2, -0.15) is 0 Å². The highest BCUT2D eigenvalue weighted by Gasteiger charge is 2.35. The van der Waals surface area contributed by atoms with Gasteiger partial charge in [-0.3, -0.25) is 0 Å². The Morgan fingerprint density at radius 1 is 1.00 bits per heavy atom. The van der Waals surface area contributed by atoms with Crippen LogP contribution >= 0.6 is 0 Å². The topological polar surface area (TPSA) is 160 Å². The smallest absolute Gasteiger partial charge is 0.126 e. The lowest BCUT2D eigenvalue weighted by atomic mass is 9.98. The zero-order chi connectivity index (χ0) is 13.7. The van der Waals surface area contributed by atoms with E-state index < -0.39 is 37.1 Å². The molecule has 5 atom stereocenters. The molecule has 0 aromatic carbocycles. The van der Waals surface area contributed by atoms with Crippen LogP contribution in [0.25, 0.3) is 0 Å². The van der Waals surface area contributed by atoms with Crippen molar-refractivity contribution < 1.29 is 30.6 Å². The molecule has 0 radical (unpaired) electrons. The maximum atomic E-state index is 9.67. The first-order valence-corrected chi connectivity index (χ1v) is 5.14. The second-order valence-corrected chi connectivity index (χ2v) is 3.71. The van der Waals surface area contributed by atoms with Crippen molar-refractivity contribution in [2.75, 3.05) is 6.61 Å². The molecule has 0 aliphatic rings. The standard InChI is InChI=1S/C9H15N3O6/c13-3-5(14)7(16)9(18)8(17)6(15)4-1-2-10-12-11-4/h1-2,5-9,13-18H,3H2/t5-,6?,7+,8+,9-/m0/s1. The molecule has 0 aliphatic carbocycles. The van der Waals surface area contributed by atoms with Gasteiger partial charge in [0.2, 0.25) is 0 Å². The predicted octanol–water partition coefficient (Wildman–Crippen LogP) is -3.66. The SMILES string of the molecule is OC[C@H](O)[C@@H](O)[C@H](O)[C@H](O)C(O)c1ccnnn1. The number of aliphatic hydroxyl groups is 6. The number of aliphatic hydroxyl groups excluding tert-OH is 6. The van der Waals surface area contributed by atoms with Gasteiger partial charge < -0.3 is 30.6 Å². The number of rotatable bonds is 6. The molecule has 18 heavy (non-hydrogen) atoms. The molecule has 0 saturated heterocycles. The van der Waals surface area contributed by atoms with Gasteiger partial charge in [-0.25, -0.2) is 0 Å². The molecule has 0 aliphatic heterocycles. The summed E-state index contributed by atoms with van der Waals surface area (Å²) in [6.07, 6.45) is -7.50. The average Bonchev–Trinajstić information content (AvgIpc) is 2.44. The van der Waals surface area contributed by atoms with Crippen LogP contribution in [0.3, 0.4) is 0 Å². The fourth-order valence-corrected chi connectivity index (χ4v) is 1.31. The Balaban J connectivity index is 2.72. The minimum atomic E-state index is -1.86. The molecule has 0 amide bonds.